The van der Waals surface area contributed by atoms with Gasteiger partial charge in [0.2, 0.25) is 0 Å². The normalized spacial score (nSPS) is 13.6. The number of Topliss-reactive ketones (excluding diaryl/α,β-unsaturated/α-hetero) is 1. The topological polar surface area (TPSA) is 135 Å². The molecule has 40 heavy (non-hydrogen) atoms. The minimum atomic E-state index is -0.602. The molecule has 11 heteroatoms. The summed E-state index contributed by atoms with van der Waals surface area (Å²) in [6.45, 7) is 4.67. The van der Waals surface area contributed by atoms with Gasteiger partial charge in [-0.1, -0.05) is 41.1 Å². The minimum absolute atomic E-state index is 0.232. The van der Waals surface area contributed by atoms with E-state index in [1.807, 2.05) is 38.1 Å². The second kappa shape index (κ2) is 10.3. The van der Waals surface area contributed by atoms with E-state index in [1.165, 1.54) is 29.8 Å². The number of likely N-dealkylation sites (tertiary alicyclic amines) is 1. The summed E-state index contributed by atoms with van der Waals surface area (Å²) in [5.41, 5.74) is 6.72. The zero-order valence-electron chi connectivity index (χ0n) is 22.4. The largest absolute Gasteiger partial charge is 0.494 e. The Kier molecular flexibility index (Phi) is 6.47. The Balaban J connectivity index is 1.28. The SMILES string of the molecule is COc1cnc(-n2cc(C)nn2)c2[nH]cc(C(=O)C(=O)N3CCC(=C(c4ccccc4)c4cc(C)[nH]n4)CC3)c12. The molecule has 6 rings (SSSR count). The Morgan fingerprint density at radius 2 is 1.85 bits per heavy atom. The molecular formula is C29H28N8O3. The van der Waals surface area contributed by atoms with Gasteiger partial charge in [0.1, 0.15) is 5.75 Å². The number of piperidine rings is 1. The van der Waals surface area contributed by atoms with Crippen molar-refractivity contribution in [3.05, 3.63) is 88.8 Å². The first-order chi connectivity index (χ1) is 19.4. The summed E-state index contributed by atoms with van der Waals surface area (Å²) in [7, 11) is 1.50. The quantitative estimate of drug-likeness (QED) is 0.249. The first kappa shape index (κ1) is 25.2. The molecule has 0 radical (unpaired) electrons. The molecule has 0 atom stereocenters. The van der Waals surface area contributed by atoms with Crippen molar-refractivity contribution in [2.24, 2.45) is 0 Å². The third kappa shape index (κ3) is 4.45. The van der Waals surface area contributed by atoms with Crippen LogP contribution in [0.2, 0.25) is 0 Å². The summed E-state index contributed by atoms with van der Waals surface area (Å²) in [4.78, 5) is 36.2. The van der Waals surface area contributed by atoms with Gasteiger partial charge in [-0.05, 0) is 38.3 Å². The van der Waals surface area contributed by atoms with Crippen molar-refractivity contribution < 1.29 is 14.3 Å². The molecule has 1 aliphatic heterocycles. The number of methoxy groups -OCH3 is 1. The molecule has 202 valence electrons. The van der Waals surface area contributed by atoms with Crippen LogP contribution in [-0.4, -0.2) is 71.9 Å². The number of pyridine rings is 1. The maximum Gasteiger partial charge on any atom is 0.295 e. The Labute approximate surface area is 229 Å². The summed E-state index contributed by atoms with van der Waals surface area (Å²) in [6.07, 6.45) is 6.07. The van der Waals surface area contributed by atoms with E-state index in [1.54, 1.807) is 11.1 Å². The number of benzene rings is 1. The van der Waals surface area contributed by atoms with Crippen LogP contribution >= 0.6 is 0 Å². The van der Waals surface area contributed by atoms with Gasteiger partial charge in [-0.3, -0.25) is 14.7 Å². The number of carbonyl (C=O) groups excluding carboxylic acids is 2. The number of ether oxygens (including phenoxy) is 1. The van der Waals surface area contributed by atoms with Crippen molar-refractivity contribution in [1.29, 1.82) is 0 Å². The van der Waals surface area contributed by atoms with E-state index in [9.17, 15) is 9.59 Å². The average molecular weight is 537 g/mol. The molecule has 2 N–H and O–H groups in total. The number of amides is 1. The summed E-state index contributed by atoms with van der Waals surface area (Å²) >= 11 is 0. The lowest BCUT2D eigenvalue weighted by atomic mass is 9.90. The van der Waals surface area contributed by atoms with E-state index < -0.39 is 11.7 Å². The lowest BCUT2D eigenvalue weighted by Crippen LogP contribution is -2.40. The van der Waals surface area contributed by atoms with Crippen molar-refractivity contribution >= 4 is 28.2 Å². The average Bonchev–Trinajstić information content (AvgIpc) is 3.73. The third-order valence-electron chi connectivity index (χ3n) is 7.17. The molecule has 0 spiro atoms. The second-order valence-electron chi connectivity index (χ2n) is 9.81. The molecule has 11 nitrogen and oxygen atoms in total. The van der Waals surface area contributed by atoms with Crippen LogP contribution in [0.25, 0.3) is 22.3 Å². The van der Waals surface area contributed by atoms with Crippen molar-refractivity contribution in [2.75, 3.05) is 20.2 Å². The number of nitrogens with one attached hydrogen (secondary N) is 2. The van der Waals surface area contributed by atoms with Gasteiger partial charge in [0.25, 0.3) is 11.7 Å². The van der Waals surface area contributed by atoms with Gasteiger partial charge < -0.3 is 14.6 Å². The molecule has 1 fully saturated rings. The number of nitrogens with zero attached hydrogens (tertiary/aromatic N) is 6. The summed E-state index contributed by atoms with van der Waals surface area (Å²) in [5.74, 6) is -0.305. The van der Waals surface area contributed by atoms with Gasteiger partial charge in [-0.25, -0.2) is 4.98 Å². The Bertz CT molecular complexity index is 1750. The number of H-pyrrole nitrogens is 2. The number of hydrogen-bond acceptors (Lipinski definition) is 7. The van der Waals surface area contributed by atoms with Crippen molar-refractivity contribution in [3.8, 4) is 11.6 Å². The highest BCUT2D eigenvalue weighted by Gasteiger charge is 2.30. The Hall–Kier alpha value is -5.06. The van der Waals surface area contributed by atoms with E-state index in [-0.39, 0.29) is 5.56 Å². The van der Waals surface area contributed by atoms with E-state index >= 15 is 0 Å². The van der Waals surface area contributed by atoms with Crippen LogP contribution in [0.4, 0.5) is 0 Å². The fourth-order valence-corrected chi connectivity index (χ4v) is 5.24. The van der Waals surface area contributed by atoms with Gasteiger partial charge in [-0.15, -0.1) is 5.10 Å². The van der Waals surface area contributed by atoms with E-state index in [0.29, 0.717) is 48.4 Å². The summed E-state index contributed by atoms with van der Waals surface area (Å²) < 4.78 is 7.03. The highest BCUT2D eigenvalue weighted by Crippen LogP contribution is 2.34. The molecule has 0 bridgehead atoms. The van der Waals surface area contributed by atoms with Crippen LogP contribution < -0.4 is 4.74 Å². The highest BCUT2D eigenvalue weighted by atomic mass is 16.5. The third-order valence-corrected chi connectivity index (χ3v) is 7.17. The fourth-order valence-electron chi connectivity index (χ4n) is 5.24. The molecule has 5 heterocycles. The molecule has 1 saturated heterocycles. The maximum atomic E-state index is 13.6. The van der Waals surface area contributed by atoms with Crippen molar-refractivity contribution in [3.63, 3.8) is 0 Å². The molecule has 0 saturated carbocycles. The summed E-state index contributed by atoms with van der Waals surface area (Å²) in [5, 5.41) is 16.1. The number of aryl methyl sites for hydroxylation is 2. The molecule has 0 aliphatic carbocycles. The number of aromatic nitrogens is 7. The molecule has 1 aliphatic rings. The number of hydrogen-bond donors (Lipinski definition) is 2. The maximum absolute atomic E-state index is 13.6. The fraction of sp³-hybridized carbons (Fsp3) is 0.241. The number of rotatable bonds is 6. The first-order valence-corrected chi connectivity index (χ1v) is 13.0. The monoisotopic (exact) mass is 536 g/mol. The lowest BCUT2D eigenvalue weighted by Gasteiger charge is -2.29. The van der Waals surface area contributed by atoms with E-state index in [2.05, 4.69) is 42.6 Å². The summed E-state index contributed by atoms with van der Waals surface area (Å²) in [6, 6.07) is 12.2. The molecule has 1 aromatic carbocycles. The molecule has 1 amide bonds. The Morgan fingerprint density at radius 3 is 2.50 bits per heavy atom. The predicted molar refractivity (Wildman–Crippen MR) is 148 cm³/mol. The van der Waals surface area contributed by atoms with Gasteiger partial charge in [0.05, 0.1) is 47.4 Å². The molecule has 4 aromatic heterocycles. The number of ketones is 1. The Morgan fingerprint density at radius 1 is 1.07 bits per heavy atom. The van der Waals surface area contributed by atoms with Crippen LogP contribution in [0.3, 0.4) is 0 Å². The van der Waals surface area contributed by atoms with Crippen LogP contribution in [0.5, 0.6) is 5.75 Å². The zero-order valence-corrected chi connectivity index (χ0v) is 22.4. The zero-order chi connectivity index (χ0) is 27.8. The number of carbonyl (C=O) groups is 2. The van der Waals surface area contributed by atoms with Gasteiger partial charge in [-0.2, -0.15) is 9.78 Å². The number of fused-ring (bicyclic) bond motifs is 1. The van der Waals surface area contributed by atoms with Gasteiger partial charge in [0, 0.05) is 30.6 Å². The van der Waals surface area contributed by atoms with E-state index in [4.69, 9.17) is 4.74 Å². The first-order valence-electron chi connectivity index (χ1n) is 13.0. The minimum Gasteiger partial charge on any atom is -0.494 e. The van der Waals surface area contributed by atoms with Crippen LogP contribution in [0, 0.1) is 13.8 Å². The van der Waals surface area contributed by atoms with Crippen molar-refractivity contribution in [1.82, 2.24) is 40.1 Å². The molecule has 5 aromatic rings. The van der Waals surface area contributed by atoms with Gasteiger partial charge >= 0.3 is 0 Å². The molecule has 0 unspecified atom stereocenters. The second-order valence-corrected chi connectivity index (χ2v) is 9.81. The van der Waals surface area contributed by atoms with Crippen LogP contribution in [0.1, 0.15) is 45.8 Å². The lowest BCUT2D eigenvalue weighted by molar-refractivity contribution is -0.126. The van der Waals surface area contributed by atoms with Crippen LogP contribution in [0.15, 0.2) is 60.6 Å². The number of aromatic amines is 2. The van der Waals surface area contributed by atoms with E-state index in [0.717, 1.165) is 28.2 Å². The smallest absolute Gasteiger partial charge is 0.295 e. The van der Waals surface area contributed by atoms with Crippen molar-refractivity contribution in [2.45, 2.75) is 26.7 Å². The predicted octanol–water partition coefficient (Wildman–Crippen LogP) is 3.80. The highest BCUT2D eigenvalue weighted by molar-refractivity contribution is 6.45. The standard InChI is InChI=1S/C29H28N8O3/c1-17-13-22(34-32-17)24(19-7-5-4-6-8-19)20-9-11-36(12-10-20)29(39)27(38)21-14-30-26-25(21)23(40-3)15-31-28(26)37-16-18(2)33-35-37/h4-8,13-16,30H,9-12H2,1-3H3,(H,32,34). The van der Waals surface area contributed by atoms with Crippen LogP contribution in [-0.2, 0) is 4.79 Å². The molecular weight excluding hydrogens is 508 g/mol. The van der Waals surface area contributed by atoms with Gasteiger partial charge in [0.15, 0.2) is 5.82 Å².